The summed E-state index contributed by atoms with van der Waals surface area (Å²) in [6, 6.07) is 6.53. The van der Waals surface area contributed by atoms with Crippen molar-refractivity contribution in [3.8, 4) is 0 Å². The van der Waals surface area contributed by atoms with E-state index in [2.05, 4.69) is 53.4 Å². The zero-order chi connectivity index (χ0) is 20.9. The van der Waals surface area contributed by atoms with E-state index in [9.17, 15) is 4.79 Å². The summed E-state index contributed by atoms with van der Waals surface area (Å²) in [5, 5.41) is 4.70. The smallest absolute Gasteiger partial charge is 0.251 e. The molecule has 4 rings (SSSR count). The van der Waals surface area contributed by atoms with Gasteiger partial charge in [0, 0.05) is 63.0 Å². The van der Waals surface area contributed by atoms with Crippen molar-refractivity contribution in [2.75, 3.05) is 45.9 Å². The van der Waals surface area contributed by atoms with E-state index in [4.69, 9.17) is 9.73 Å². The van der Waals surface area contributed by atoms with E-state index >= 15 is 0 Å². The van der Waals surface area contributed by atoms with Crippen LogP contribution in [0, 0.1) is 6.92 Å². The molecule has 2 saturated heterocycles. The number of guanidine groups is 1. The van der Waals surface area contributed by atoms with Crippen LogP contribution in [0.2, 0.25) is 0 Å². The molecule has 162 valence electrons. The van der Waals surface area contributed by atoms with Gasteiger partial charge in [-0.25, -0.2) is 0 Å². The van der Waals surface area contributed by atoms with Gasteiger partial charge in [-0.05, 0) is 50.3 Å². The van der Waals surface area contributed by atoms with Crippen molar-refractivity contribution in [3.63, 3.8) is 0 Å². The van der Waals surface area contributed by atoms with Crippen LogP contribution >= 0.6 is 0 Å². The van der Waals surface area contributed by atoms with Crippen LogP contribution in [0.3, 0.4) is 0 Å². The predicted octanol–water partition coefficient (Wildman–Crippen LogP) is 2.31. The number of aryl methyl sites for hydroxylation is 1. The van der Waals surface area contributed by atoms with Gasteiger partial charge in [0.05, 0.1) is 0 Å². The summed E-state index contributed by atoms with van der Waals surface area (Å²) in [4.78, 5) is 25.0. The molecular formula is C23H33N5O2. The van der Waals surface area contributed by atoms with E-state index in [1.54, 1.807) is 0 Å². The molecule has 0 bridgehead atoms. The van der Waals surface area contributed by atoms with Crippen LogP contribution in [0.1, 0.15) is 30.9 Å². The molecule has 1 aromatic carbocycles. The average Bonchev–Trinajstić information content (AvgIpc) is 3.43. The van der Waals surface area contributed by atoms with Crippen LogP contribution in [0.4, 0.5) is 0 Å². The van der Waals surface area contributed by atoms with Crippen molar-refractivity contribution < 1.29 is 9.53 Å². The number of H-pyrrole nitrogens is 1. The number of ether oxygens (including phenoxy) is 1. The lowest BCUT2D eigenvalue weighted by Gasteiger charge is -2.37. The number of amides is 1. The van der Waals surface area contributed by atoms with E-state index < -0.39 is 0 Å². The summed E-state index contributed by atoms with van der Waals surface area (Å²) in [6.07, 6.45) is 4.62. The SMILES string of the molecule is CCNC(=NCCc1c[nH]c2cc(C)ccc12)N1CCN(C(=O)C2CCCO2)CC1. The number of hydrogen-bond acceptors (Lipinski definition) is 3. The number of benzene rings is 1. The number of nitrogens with zero attached hydrogens (tertiary/aromatic N) is 3. The number of rotatable bonds is 5. The molecule has 2 N–H and O–H groups in total. The zero-order valence-corrected chi connectivity index (χ0v) is 18.1. The van der Waals surface area contributed by atoms with Crippen molar-refractivity contribution in [1.82, 2.24) is 20.1 Å². The largest absolute Gasteiger partial charge is 0.368 e. The third kappa shape index (κ3) is 4.61. The minimum atomic E-state index is -0.224. The topological polar surface area (TPSA) is 73.0 Å². The van der Waals surface area contributed by atoms with Crippen molar-refractivity contribution in [1.29, 1.82) is 0 Å². The maximum Gasteiger partial charge on any atom is 0.251 e. The number of carbonyl (C=O) groups excluding carboxylic acids is 1. The first-order chi connectivity index (χ1) is 14.7. The molecule has 7 heteroatoms. The highest BCUT2D eigenvalue weighted by molar-refractivity contribution is 5.84. The molecule has 30 heavy (non-hydrogen) atoms. The fourth-order valence-corrected chi connectivity index (χ4v) is 4.33. The van der Waals surface area contributed by atoms with E-state index in [-0.39, 0.29) is 12.0 Å². The Morgan fingerprint density at radius 1 is 1.27 bits per heavy atom. The Labute approximate surface area is 178 Å². The van der Waals surface area contributed by atoms with Crippen molar-refractivity contribution in [2.24, 2.45) is 4.99 Å². The Morgan fingerprint density at radius 3 is 2.80 bits per heavy atom. The van der Waals surface area contributed by atoms with Crippen LogP contribution in [-0.2, 0) is 16.0 Å². The van der Waals surface area contributed by atoms with Crippen LogP contribution in [0.5, 0.6) is 0 Å². The Morgan fingerprint density at radius 2 is 2.07 bits per heavy atom. The van der Waals surface area contributed by atoms with Gasteiger partial charge in [0.1, 0.15) is 6.10 Å². The maximum atomic E-state index is 12.6. The van der Waals surface area contributed by atoms with Gasteiger partial charge in [0.25, 0.3) is 5.91 Å². The highest BCUT2D eigenvalue weighted by Gasteiger charge is 2.30. The molecule has 0 aliphatic carbocycles. The highest BCUT2D eigenvalue weighted by Crippen LogP contribution is 2.20. The van der Waals surface area contributed by atoms with Crippen molar-refractivity contribution in [2.45, 2.75) is 39.2 Å². The van der Waals surface area contributed by atoms with Crippen molar-refractivity contribution >= 4 is 22.8 Å². The van der Waals surface area contributed by atoms with Gasteiger partial charge in [0.15, 0.2) is 5.96 Å². The average molecular weight is 412 g/mol. The Kier molecular flexibility index (Phi) is 6.57. The molecule has 1 amide bonds. The molecule has 1 atom stereocenters. The first-order valence-electron chi connectivity index (χ1n) is 11.2. The zero-order valence-electron chi connectivity index (χ0n) is 18.1. The molecule has 1 aromatic heterocycles. The molecule has 0 spiro atoms. The van der Waals surface area contributed by atoms with Crippen LogP contribution in [0.25, 0.3) is 10.9 Å². The second-order valence-electron chi connectivity index (χ2n) is 8.16. The van der Waals surface area contributed by atoms with Crippen LogP contribution in [-0.4, -0.2) is 78.6 Å². The number of aromatic nitrogens is 1. The Bertz CT molecular complexity index is 892. The number of carbonyl (C=O) groups is 1. The molecule has 0 saturated carbocycles. The highest BCUT2D eigenvalue weighted by atomic mass is 16.5. The second kappa shape index (κ2) is 9.51. The number of aromatic amines is 1. The molecule has 2 aliphatic rings. The molecule has 1 unspecified atom stereocenters. The van der Waals surface area contributed by atoms with E-state index in [0.717, 1.165) is 64.5 Å². The lowest BCUT2D eigenvalue weighted by Crippen LogP contribution is -2.55. The summed E-state index contributed by atoms with van der Waals surface area (Å²) < 4.78 is 5.56. The van der Waals surface area contributed by atoms with Gasteiger partial charge in [-0.1, -0.05) is 12.1 Å². The molecular weight excluding hydrogens is 378 g/mol. The number of piperazine rings is 1. The van der Waals surface area contributed by atoms with Gasteiger partial charge in [0.2, 0.25) is 0 Å². The molecule has 2 fully saturated rings. The van der Waals surface area contributed by atoms with Gasteiger partial charge in [-0.3, -0.25) is 9.79 Å². The lowest BCUT2D eigenvalue weighted by molar-refractivity contribution is -0.142. The third-order valence-electron chi connectivity index (χ3n) is 6.00. The van der Waals surface area contributed by atoms with Crippen molar-refractivity contribution in [3.05, 3.63) is 35.5 Å². The molecule has 0 radical (unpaired) electrons. The number of nitrogens with one attached hydrogen (secondary N) is 2. The number of hydrogen-bond donors (Lipinski definition) is 2. The lowest BCUT2D eigenvalue weighted by atomic mass is 10.1. The standard InChI is InChI=1S/C23H33N5O2/c1-3-24-23(25-9-8-18-16-26-20-15-17(2)6-7-19(18)20)28-12-10-27(11-13-28)22(29)21-5-4-14-30-21/h6-7,15-16,21,26H,3-5,8-14H2,1-2H3,(H,24,25). The minimum absolute atomic E-state index is 0.156. The van der Waals surface area contributed by atoms with Gasteiger partial charge >= 0.3 is 0 Å². The normalized spacial score (nSPS) is 20.2. The summed E-state index contributed by atoms with van der Waals surface area (Å²) in [6.45, 7) is 9.54. The fraction of sp³-hybridized carbons (Fsp3) is 0.565. The van der Waals surface area contributed by atoms with Crippen LogP contribution in [0.15, 0.2) is 29.4 Å². The van der Waals surface area contributed by atoms with Gasteiger partial charge in [-0.15, -0.1) is 0 Å². The fourth-order valence-electron chi connectivity index (χ4n) is 4.33. The summed E-state index contributed by atoms with van der Waals surface area (Å²) in [5.74, 6) is 1.10. The molecule has 7 nitrogen and oxygen atoms in total. The van der Waals surface area contributed by atoms with Gasteiger partial charge < -0.3 is 24.8 Å². The Balaban J connectivity index is 1.34. The van der Waals surface area contributed by atoms with E-state index in [1.807, 2.05) is 4.90 Å². The molecule has 2 aliphatic heterocycles. The maximum absolute atomic E-state index is 12.6. The summed E-state index contributed by atoms with van der Waals surface area (Å²) >= 11 is 0. The third-order valence-corrected chi connectivity index (χ3v) is 6.00. The number of aliphatic imine (C=N–C) groups is 1. The van der Waals surface area contributed by atoms with E-state index in [0.29, 0.717) is 6.61 Å². The number of fused-ring (bicyclic) bond motifs is 1. The molecule has 2 aromatic rings. The first-order valence-corrected chi connectivity index (χ1v) is 11.2. The van der Waals surface area contributed by atoms with E-state index in [1.165, 1.54) is 22.0 Å². The summed E-state index contributed by atoms with van der Waals surface area (Å²) in [7, 11) is 0. The quantitative estimate of drug-likeness (QED) is 0.585. The minimum Gasteiger partial charge on any atom is -0.368 e. The first kappa shape index (κ1) is 20.7. The van der Waals surface area contributed by atoms with Gasteiger partial charge in [-0.2, -0.15) is 0 Å². The Hall–Kier alpha value is -2.54. The monoisotopic (exact) mass is 411 g/mol. The summed E-state index contributed by atoms with van der Waals surface area (Å²) in [5.41, 5.74) is 3.75. The second-order valence-corrected chi connectivity index (χ2v) is 8.16. The predicted molar refractivity (Wildman–Crippen MR) is 120 cm³/mol. The molecule has 3 heterocycles. The van der Waals surface area contributed by atoms with Crippen LogP contribution < -0.4 is 5.32 Å².